The largest absolute Gasteiger partial charge is 0.345 e. The molecule has 0 aliphatic heterocycles. The highest BCUT2D eigenvalue weighted by molar-refractivity contribution is 6.30. The lowest BCUT2D eigenvalue weighted by Crippen LogP contribution is -2.34. The lowest BCUT2D eigenvalue weighted by Gasteiger charge is -2.26. The third kappa shape index (κ3) is 5.98. The lowest BCUT2D eigenvalue weighted by atomic mass is 10.1. The van der Waals surface area contributed by atoms with Gasteiger partial charge in [0.05, 0.1) is 6.54 Å². The number of hydrogen-bond acceptors (Lipinski definition) is 1. The summed E-state index contributed by atoms with van der Waals surface area (Å²) in [6.45, 7) is 4.26. The minimum atomic E-state index is -0.657. The zero-order chi connectivity index (χ0) is 20.5. The number of carbonyl (C=O) groups excluding carboxylic acids is 1. The summed E-state index contributed by atoms with van der Waals surface area (Å²) in [5, 5.41) is -0.657. The molecule has 0 aliphatic rings. The van der Waals surface area contributed by atoms with Crippen LogP contribution in [-0.4, -0.2) is 21.9 Å². The van der Waals surface area contributed by atoms with Gasteiger partial charge >= 0.3 is 0 Å². The summed E-state index contributed by atoms with van der Waals surface area (Å²) in [6, 6.07) is 24.1. The Hall–Kier alpha value is -2.52. The van der Waals surface area contributed by atoms with Crippen LogP contribution in [0.3, 0.4) is 0 Å². The average molecular weight is 409 g/mol. The van der Waals surface area contributed by atoms with E-state index in [4.69, 9.17) is 11.6 Å². The van der Waals surface area contributed by atoms with Crippen molar-refractivity contribution in [3.8, 4) is 0 Å². The number of halogens is 1. The van der Waals surface area contributed by atoms with Crippen molar-refractivity contribution >= 4 is 17.5 Å². The van der Waals surface area contributed by atoms with Crippen LogP contribution in [0.2, 0.25) is 0 Å². The second-order valence-electron chi connectivity index (χ2n) is 7.35. The van der Waals surface area contributed by atoms with E-state index in [-0.39, 0.29) is 5.91 Å². The second kappa shape index (κ2) is 10.9. The molecule has 4 heteroatoms. The standard InChI is InChI=1S/C25H29ClN2O/c1-2-3-10-17-28(25(29)24(26)22-14-8-5-9-15-22)20-23-16-11-18-27(23)19-21-12-6-4-7-13-21/h4-9,11-16,18,24H,2-3,10,17,19-20H2,1H3/t24-/m0/s1. The number of amides is 1. The summed E-state index contributed by atoms with van der Waals surface area (Å²) in [7, 11) is 0. The molecule has 3 rings (SSSR count). The van der Waals surface area contributed by atoms with Gasteiger partial charge in [-0.1, -0.05) is 80.4 Å². The van der Waals surface area contributed by atoms with Crippen LogP contribution in [0.15, 0.2) is 79.0 Å². The van der Waals surface area contributed by atoms with E-state index in [0.717, 1.165) is 43.6 Å². The van der Waals surface area contributed by atoms with Crippen LogP contribution in [0.1, 0.15) is 48.4 Å². The summed E-state index contributed by atoms with van der Waals surface area (Å²) in [5.74, 6) is -0.0265. The highest BCUT2D eigenvalue weighted by Gasteiger charge is 2.24. The minimum Gasteiger partial charge on any atom is -0.345 e. The molecule has 2 aromatic carbocycles. The van der Waals surface area contributed by atoms with Crippen LogP contribution < -0.4 is 0 Å². The van der Waals surface area contributed by atoms with Crippen LogP contribution in [0.4, 0.5) is 0 Å². The Morgan fingerprint density at radius 3 is 2.34 bits per heavy atom. The zero-order valence-electron chi connectivity index (χ0n) is 17.0. The van der Waals surface area contributed by atoms with Crippen LogP contribution >= 0.6 is 11.6 Å². The van der Waals surface area contributed by atoms with Crippen molar-refractivity contribution in [3.05, 3.63) is 95.8 Å². The Kier molecular flexibility index (Phi) is 7.94. The van der Waals surface area contributed by atoms with Gasteiger partial charge in [-0.3, -0.25) is 4.79 Å². The molecule has 1 atom stereocenters. The lowest BCUT2D eigenvalue weighted by molar-refractivity contribution is -0.131. The molecule has 3 aromatic rings. The molecule has 0 fully saturated rings. The van der Waals surface area contributed by atoms with Crippen LogP contribution in [0, 0.1) is 0 Å². The van der Waals surface area contributed by atoms with Crippen LogP contribution in [0.25, 0.3) is 0 Å². The van der Waals surface area contributed by atoms with Crippen molar-refractivity contribution in [2.24, 2.45) is 0 Å². The first-order chi connectivity index (χ1) is 14.2. The summed E-state index contributed by atoms with van der Waals surface area (Å²) < 4.78 is 2.21. The molecule has 1 amide bonds. The van der Waals surface area contributed by atoms with E-state index in [1.807, 2.05) is 47.4 Å². The Labute approximate surface area is 178 Å². The summed E-state index contributed by atoms with van der Waals surface area (Å²) in [4.78, 5) is 15.1. The highest BCUT2D eigenvalue weighted by atomic mass is 35.5. The summed E-state index contributed by atoms with van der Waals surface area (Å²) in [6.07, 6.45) is 5.29. The minimum absolute atomic E-state index is 0.0265. The molecule has 1 heterocycles. The van der Waals surface area contributed by atoms with E-state index >= 15 is 0 Å². The fourth-order valence-electron chi connectivity index (χ4n) is 3.47. The van der Waals surface area contributed by atoms with E-state index in [1.165, 1.54) is 5.56 Å². The normalized spacial score (nSPS) is 11.9. The molecule has 0 bridgehead atoms. The smallest absolute Gasteiger partial charge is 0.245 e. The van der Waals surface area contributed by atoms with Gasteiger partial charge in [-0.15, -0.1) is 11.6 Å². The van der Waals surface area contributed by atoms with E-state index < -0.39 is 5.38 Å². The van der Waals surface area contributed by atoms with E-state index in [9.17, 15) is 4.79 Å². The quantitative estimate of drug-likeness (QED) is 0.296. The Balaban J connectivity index is 1.75. The fraction of sp³-hybridized carbons (Fsp3) is 0.320. The molecule has 3 nitrogen and oxygen atoms in total. The first-order valence-electron chi connectivity index (χ1n) is 10.3. The number of hydrogen-bond donors (Lipinski definition) is 0. The third-order valence-corrected chi connectivity index (χ3v) is 5.56. The Morgan fingerprint density at radius 2 is 1.66 bits per heavy atom. The number of alkyl halides is 1. The van der Waals surface area contributed by atoms with Crippen molar-refractivity contribution < 1.29 is 4.79 Å². The van der Waals surface area contributed by atoms with E-state index in [0.29, 0.717) is 6.54 Å². The van der Waals surface area contributed by atoms with Gasteiger partial charge in [-0.25, -0.2) is 0 Å². The molecule has 29 heavy (non-hydrogen) atoms. The van der Waals surface area contributed by atoms with Gasteiger partial charge in [0, 0.05) is 25.0 Å². The topological polar surface area (TPSA) is 25.2 Å². The van der Waals surface area contributed by atoms with Gasteiger partial charge in [0.1, 0.15) is 5.38 Å². The molecule has 0 unspecified atom stereocenters. The van der Waals surface area contributed by atoms with Crippen molar-refractivity contribution in [3.63, 3.8) is 0 Å². The number of carbonyl (C=O) groups is 1. The fourth-order valence-corrected chi connectivity index (χ4v) is 3.75. The maximum atomic E-state index is 13.2. The Bertz CT molecular complexity index is 876. The average Bonchev–Trinajstić information content (AvgIpc) is 3.20. The first-order valence-corrected chi connectivity index (χ1v) is 10.8. The van der Waals surface area contributed by atoms with Gasteiger partial charge in [0.2, 0.25) is 5.91 Å². The number of unbranched alkanes of at least 4 members (excludes halogenated alkanes) is 2. The zero-order valence-corrected chi connectivity index (χ0v) is 17.8. The molecular formula is C25H29ClN2O. The Morgan fingerprint density at radius 1 is 0.966 bits per heavy atom. The highest BCUT2D eigenvalue weighted by Crippen LogP contribution is 2.24. The van der Waals surface area contributed by atoms with Gasteiger partial charge < -0.3 is 9.47 Å². The maximum Gasteiger partial charge on any atom is 0.245 e. The SMILES string of the molecule is CCCCCN(Cc1cccn1Cc1ccccc1)C(=O)[C@@H](Cl)c1ccccc1. The van der Waals surface area contributed by atoms with Crippen molar-refractivity contribution in [2.45, 2.75) is 44.7 Å². The summed E-state index contributed by atoms with van der Waals surface area (Å²) >= 11 is 6.58. The number of aromatic nitrogens is 1. The molecule has 0 radical (unpaired) electrons. The number of nitrogens with zero attached hydrogens (tertiary/aromatic N) is 2. The van der Waals surface area contributed by atoms with Crippen molar-refractivity contribution in [1.29, 1.82) is 0 Å². The predicted molar refractivity (Wildman–Crippen MR) is 120 cm³/mol. The van der Waals surface area contributed by atoms with Gasteiger partial charge in [0.15, 0.2) is 0 Å². The first kappa shape index (κ1) is 21.2. The van der Waals surface area contributed by atoms with E-state index in [1.54, 1.807) is 0 Å². The molecule has 0 saturated carbocycles. The predicted octanol–water partition coefficient (Wildman–Crippen LogP) is 6.04. The number of rotatable bonds is 10. The monoisotopic (exact) mass is 408 g/mol. The second-order valence-corrected chi connectivity index (χ2v) is 7.79. The van der Waals surface area contributed by atoms with Crippen molar-refractivity contribution in [1.82, 2.24) is 9.47 Å². The molecule has 152 valence electrons. The number of benzene rings is 2. The van der Waals surface area contributed by atoms with Gasteiger partial charge in [-0.2, -0.15) is 0 Å². The molecule has 0 spiro atoms. The maximum absolute atomic E-state index is 13.2. The van der Waals surface area contributed by atoms with E-state index in [2.05, 4.69) is 48.0 Å². The molecule has 1 aromatic heterocycles. The molecule has 0 N–H and O–H groups in total. The third-order valence-electron chi connectivity index (χ3n) is 5.12. The molecule has 0 saturated heterocycles. The molecule has 0 aliphatic carbocycles. The molecular weight excluding hydrogens is 380 g/mol. The van der Waals surface area contributed by atoms with Crippen LogP contribution in [0.5, 0.6) is 0 Å². The van der Waals surface area contributed by atoms with Gasteiger partial charge in [0.25, 0.3) is 0 Å². The van der Waals surface area contributed by atoms with Crippen LogP contribution in [-0.2, 0) is 17.9 Å². The van der Waals surface area contributed by atoms with Gasteiger partial charge in [-0.05, 0) is 29.7 Å². The summed E-state index contributed by atoms with van der Waals surface area (Å²) in [5.41, 5.74) is 3.21. The van der Waals surface area contributed by atoms with Crippen molar-refractivity contribution in [2.75, 3.05) is 6.54 Å².